The van der Waals surface area contributed by atoms with Crippen LogP contribution in [0.4, 0.5) is 0 Å². The Labute approximate surface area is 137 Å². The highest BCUT2D eigenvalue weighted by Crippen LogP contribution is 2.28. The quantitative estimate of drug-likeness (QED) is 0.933. The summed E-state index contributed by atoms with van der Waals surface area (Å²) in [4.78, 5) is 34.3. The van der Waals surface area contributed by atoms with Gasteiger partial charge in [0, 0.05) is 31.0 Å². The van der Waals surface area contributed by atoms with Gasteiger partial charge in [-0.3, -0.25) is 14.6 Å². The molecule has 3 rings (SSSR count). The van der Waals surface area contributed by atoms with Crippen molar-refractivity contribution in [1.29, 1.82) is 0 Å². The van der Waals surface area contributed by atoms with Crippen LogP contribution < -0.4 is 0 Å². The van der Waals surface area contributed by atoms with Gasteiger partial charge in [-0.1, -0.05) is 6.92 Å². The summed E-state index contributed by atoms with van der Waals surface area (Å²) >= 11 is 1.32. The number of aliphatic carboxylic acids is 1. The number of hydrogen-bond acceptors (Lipinski definition) is 5. The second-order valence-corrected chi connectivity index (χ2v) is 6.88. The van der Waals surface area contributed by atoms with Gasteiger partial charge in [0.2, 0.25) is 0 Å². The normalized spacial score (nSPS) is 21.2. The number of piperidine rings is 1. The SMILES string of the molecule is CC1CC(C(=O)O)CN(C(=O)c2cnc(-c3ccncc3)s2)C1. The highest BCUT2D eigenvalue weighted by Gasteiger charge is 2.32. The Morgan fingerprint density at radius 1 is 1.30 bits per heavy atom. The molecule has 0 saturated carbocycles. The van der Waals surface area contributed by atoms with Gasteiger partial charge in [0.15, 0.2) is 0 Å². The van der Waals surface area contributed by atoms with Gasteiger partial charge in [0.1, 0.15) is 9.88 Å². The van der Waals surface area contributed by atoms with Crippen molar-refractivity contribution in [2.45, 2.75) is 13.3 Å². The Balaban J connectivity index is 1.78. The zero-order valence-corrected chi connectivity index (χ0v) is 13.5. The fraction of sp³-hybridized carbons (Fsp3) is 0.375. The molecule has 2 atom stereocenters. The topological polar surface area (TPSA) is 83.4 Å². The monoisotopic (exact) mass is 331 g/mol. The van der Waals surface area contributed by atoms with Gasteiger partial charge >= 0.3 is 5.97 Å². The maximum atomic E-state index is 12.6. The predicted octanol–water partition coefficient (Wildman–Crippen LogP) is 2.39. The third kappa shape index (κ3) is 3.39. The van der Waals surface area contributed by atoms with E-state index in [2.05, 4.69) is 9.97 Å². The van der Waals surface area contributed by atoms with Crippen LogP contribution in [0.25, 0.3) is 10.6 Å². The zero-order chi connectivity index (χ0) is 16.4. The molecule has 0 spiro atoms. The number of amides is 1. The average Bonchev–Trinajstić information content (AvgIpc) is 3.04. The van der Waals surface area contributed by atoms with E-state index in [1.165, 1.54) is 11.3 Å². The van der Waals surface area contributed by atoms with E-state index in [0.717, 1.165) is 10.6 Å². The molecular weight excluding hydrogens is 314 g/mol. The van der Waals surface area contributed by atoms with Crippen LogP contribution >= 0.6 is 11.3 Å². The number of nitrogens with zero attached hydrogens (tertiary/aromatic N) is 3. The smallest absolute Gasteiger partial charge is 0.308 e. The molecule has 1 saturated heterocycles. The number of likely N-dealkylation sites (tertiary alicyclic amines) is 1. The first-order valence-electron chi connectivity index (χ1n) is 7.43. The van der Waals surface area contributed by atoms with E-state index >= 15 is 0 Å². The molecule has 0 aliphatic carbocycles. The van der Waals surface area contributed by atoms with Crippen molar-refractivity contribution in [3.05, 3.63) is 35.6 Å². The number of rotatable bonds is 3. The maximum Gasteiger partial charge on any atom is 0.308 e. The van der Waals surface area contributed by atoms with E-state index in [1.807, 2.05) is 19.1 Å². The lowest BCUT2D eigenvalue weighted by molar-refractivity contribution is -0.143. The number of pyridine rings is 1. The Kier molecular flexibility index (Phi) is 4.38. The number of carboxylic acids is 1. The van der Waals surface area contributed by atoms with Crippen molar-refractivity contribution in [3.63, 3.8) is 0 Å². The van der Waals surface area contributed by atoms with Crippen LogP contribution in [0.15, 0.2) is 30.7 Å². The third-order valence-corrected chi connectivity index (χ3v) is 4.97. The van der Waals surface area contributed by atoms with E-state index in [1.54, 1.807) is 23.5 Å². The average molecular weight is 331 g/mol. The van der Waals surface area contributed by atoms with Crippen molar-refractivity contribution < 1.29 is 14.7 Å². The standard InChI is InChI=1S/C16H17N3O3S/c1-10-6-12(16(21)22)9-19(8-10)15(20)13-7-18-14(23-13)11-2-4-17-5-3-11/h2-5,7,10,12H,6,8-9H2,1H3,(H,21,22). The van der Waals surface area contributed by atoms with E-state index < -0.39 is 11.9 Å². The molecule has 3 heterocycles. The number of thiazole rings is 1. The first kappa shape index (κ1) is 15.6. The highest BCUT2D eigenvalue weighted by molar-refractivity contribution is 7.16. The lowest BCUT2D eigenvalue weighted by Crippen LogP contribution is -2.45. The molecule has 7 heteroatoms. The molecule has 2 aromatic heterocycles. The Morgan fingerprint density at radius 2 is 2.04 bits per heavy atom. The molecule has 1 N–H and O–H groups in total. The minimum Gasteiger partial charge on any atom is -0.481 e. The van der Waals surface area contributed by atoms with Gasteiger partial charge in [0.05, 0.1) is 12.1 Å². The van der Waals surface area contributed by atoms with Crippen molar-refractivity contribution in [2.24, 2.45) is 11.8 Å². The number of carbonyl (C=O) groups excluding carboxylic acids is 1. The lowest BCUT2D eigenvalue weighted by Gasteiger charge is -2.34. The second-order valence-electron chi connectivity index (χ2n) is 5.85. The summed E-state index contributed by atoms with van der Waals surface area (Å²) in [7, 11) is 0. The number of hydrogen-bond donors (Lipinski definition) is 1. The molecular formula is C16H17N3O3S. The van der Waals surface area contributed by atoms with E-state index in [4.69, 9.17) is 0 Å². The number of carbonyl (C=O) groups is 2. The molecule has 23 heavy (non-hydrogen) atoms. The van der Waals surface area contributed by atoms with E-state index in [0.29, 0.717) is 17.8 Å². The van der Waals surface area contributed by atoms with E-state index in [9.17, 15) is 14.7 Å². The molecule has 1 amide bonds. The molecule has 2 aromatic rings. The van der Waals surface area contributed by atoms with E-state index in [-0.39, 0.29) is 18.4 Å². The van der Waals surface area contributed by atoms with Crippen molar-refractivity contribution in [3.8, 4) is 10.6 Å². The summed E-state index contributed by atoms with van der Waals surface area (Å²) in [6.45, 7) is 2.83. The fourth-order valence-electron chi connectivity index (χ4n) is 2.85. The van der Waals surface area contributed by atoms with Crippen LogP contribution in [0, 0.1) is 11.8 Å². The third-order valence-electron chi connectivity index (χ3n) is 3.94. The summed E-state index contributed by atoms with van der Waals surface area (Å²) in [5.41, 5.74) is 0.916. The molecule has 1 aliphatic heterocycles. The van der Waals surface area contributed by atoms with Crippen molar-refractivity contribution >= 4 is 23.2 Å². The van der Waals surface area contributed by atoms with Gasteiger partial charge in [0.25, 0.3) is 5.91 Å². The summed E-state index contributed by atoms with van der Waals surface area (Å²) in [6, 6.07) is 3.69. The molecule has 0 aromatic carbocycles. The van der Waals surface area contributed by atoms with Gasteiger partial charge < -0.3 is 10.0 Å². The highest BCUT2D eigenvalue weighted by atomic mass is 32.1. The second kappa shape index (κ2) is 6.45. The van der Waals surface area contributed by atoms with Crippen molar-refractivity contribution in [1.82, 2.24) is 14.9 Å². The minimum absolute atomic E-state index is 0.138. The van der Waals surface area contributed by atoms with Gasteiger partial charge in [-0.25, -0.2) is 4.98 Å². The molecule has 0 bridgehead atoms. The number of carboxylic acid groups (broad SMARTS) is 1. The largest absolute Gasteiger partial charge is 0.481 e. The summed E-state index contributed by atoms with van der Waals surface area (Å²) < 4.78 is 0. The van der Waals surface area contributed by atoms with Crippen LogP contribution in [0.1, 0.15) is 23.0 Å². The van der Waals surface area contributed by atoms with Crippen LogP contribution in [0.5, 0.6) is 0 Å². The summed E-state index contributed by atoms with van der Waals surface area (Å²) in [5, 5.41) is 9.99. The predicted molar refractivity (Wildman–Crippen MR) is 86.2 cm³/mol. The Hall–Kier alpha value is -2.28. The van der Waals surface area contributed by atoms with Crippen LogP contribution in [-0.4, -0.2) is 44.9 Å². The van der Waals surface area contributed by atoms with Crippen LogP contribution in [-0.2, 0) is 4.79 Å². The molecule has 120 valence electrons. The zero-order valence-electron chi connectivity index (χ0n) is 12.7. The lowest BCUT2D eigenvalue weighted by atomic mass is 9.90. The number of aromatic nitrogens is 2. The Morgan fingerprint density at radius 3 is 2.74 bits per heavy atom. The minimum atomic E-state index is -0.837. The molecule has 0 radical (unpaired) electrons. The fourth-order valence-corrected chi connectivity index (χ4v) is 3.74. The molecule has 1 aliphatic rings. The maximum absolute atomic E-state index is 12.6. The van der Waals surface area contributed by atoms with Gasteiger partial charge in [-0.05, 0) is 24.5 Å². The molecule has 2 unspecified atom stereocenters. The van der Waals surface area contributed by atoms with Crippen LogP contribution in [0.3, 0.4) is 0 Å². The first-order valence-corrected chi connectivity index (χ1v) is 8.24. The molecule has 1 fully saturated rings. The summed E-state index contributed by atoms with van der Waals surface area (Å²) in [5.74, 6) is -1.28. The Bertz CT molecular complexity index is 716. The van der Waals surface area contributed by atoms with Crippen LogP contribution in [0.2, 0.25) is 0 Å². The van der Waals surface area contributed by atoms with Gasteiger partial charge in [-0.2, -0.15) is 0 Å². The molecule has 6 nitrogen and oxygen atoms in total. The van der Waals surface area contributed by atoms with Crippen molar-refractivity contribution in [2.75, 3.05) is 13.1 Å². The van der Waals surface area contributed by atoms with Gasteiger partial charge in [-0.15, -0.1) is 11.3 Å². The summed E-state index contributed by atoms with van der Waals surface area (Å²) in [6.07, 6.45) is 5.55. The first-order chi connectivity index (χ1) is 11.0.